The lowest BCUT2D eigenvalue weighted by molar-refractivity contribution is 0.0695. The van der Waals surface area contributed by atoms with Crippen molar-refractivity contribution in [3.63, 3.8) is 0 Å². The zero-order valence-electron chi connectivity index (χ0n) is 10.8. The minimum Gasteiger partial charge on any atom is -0.478 e. The van der Waals surface area contributed by atoms with Gasteiger partial charge in [-0.15, -0.1) is 0 Å². The predicted molar refractivity (Wildman–Crippen MR) is 83.4 cm³/mol. The van der Waals surface area contributed by atoms with Crippen LogP contribution in [0, 0.1) is 0 Å². The van der Waals surface area contributed by atoms with Gasteiger partial charge in [-0.3, -0.25) is 4.72 Å². The lowest BCUT2D eigenvalue weighted by atomic mass is 10.1. The van der Waals surface area contributed by atoms with Crippen LogP contribution in [0.4, 0.5) is 5.13 Å². The van der Waals surface area contributed by atoms with Crippen molar-refractivity contribution in [2.24, 2.45) is 0 Å². The fourth-order valence-corrected chi connectivity index (χ4v) is 4.08. The van der Waals surface area contributed by atoms with E-state index in [4.69, 9.17) is 5.11 Å². The number of aromatic carboxylic acids is 1. The first kappa shape index (κ1) is 15.9. The third kappa shape index (κ3) is 3.60. The van der Waals surface area contributed by atoms with Crippen molar-refractivity contribution < 1.29 is 18.3 Å². The van der Waals surface area contributed by atoms with Crippen molar-refractivity contribution in [3.8, 4) is 0 Å². The van der Waals surface area contributed by atoms with Gasteiger partial charge in [0.2, 0.25) is 0 Å². The maximum Gasteiger partial charge on any atom is 0.336 e. The fourth-order valence-electron chi connectivity index (χ4n) is 1.71. The summed E-state index contributed by atoms with van der Waals surface area (Å²) < 4.78 is 27.5. The third-order valence-electron chi connectivity index (χ3n) is 2.70. The summed E-state index contributed by atoms with van der Waals surface area (Å²) in [5.41, 5.74) is 0.569. The summed E-state index contributed by atoms with van der Waals surface area (Å²) in [6.45, 7) is 1.81. The zero-order chi connectivity index (χ0) is 15.6. The molecule has 0 unspecified atom stereocenters. The molecule has 2 aromatic rings. The van der Waals surface area contributed by atoms with Gasteiger partial charge in [-0.2, -0.15) is 0 Å². The molecule has 1 aromatic carbocycles. The first-order valence-electron chi connectivity index (χ1n) is 5.84. The SMILES string of the molecule is CCc1ccc(S(=O)(=O)Nc2ncc(Br)s2)cc1C(=O)O. The molecule has 0 saturated heterocycles. The summed E-state index contributed by atoms with van der Waals surface area (Å²) in [5, 5.41) is 9.36. The standard InChI is InChI=1S/C12H11BrN2O4S2/c1-2-7-3-4-8(5-9(7)11(16)17)21(18,19)15-12-14-6-10(13)20-12/h3-6H,2H2,1H3,(H,14,15)(H,16,17). The fraction of sp³-hybridized carbons (Fsp3) is 0.167. The van der Waals surface area contributed by atoms with Crippen LogP contribution in [0.25, 0.3) is 0 Å². The number of sulfonamides is 1. The number of hydrogen-bond acceptors (Lipinski definition) is 5. The predicted octanol–water partition coefficient (Wildman–Crippen LogP) is 2.97. The Morgan fingerprint density at radius 2 is 2.19 bits per heavy atom. The van der Waals surface area contributed by atoms with E-state index >= 15 is 0 Å². The zero-order valence-corrected chi connectivity index (χ0v) is 14.0. The number of benzene rings is 1. The van der Waals surface area contributed by atoms with Gasteiger partial charge in [0.25, 0.3) is 10.0 Å². The molecule has 0 aliphatic carbocycles. The number of hydrogen-bond donors (Lipinski definition) is 2. The van der Waals surface area contributed by atoms with Crippen LogP contribution in [-0.2, 0) is 16.4 Å². The molecule has 0 spiro atoms. The lowest BCUT2D eigenvalue weighted by Crippen LogP contribution is -2.14. The Balaban J connectivity index is 2.40. The number of carbonyl (C=O) groups is 1. The van der Waals surface area contributed by atoms with Crippen molar-refractivity contribution in [1.82, 2.24) is 4.98 Å². The van der Waals surface area contributed by atoms with Crippen molar-refractivity contribution >= 4 is 48.4 Å². The topological polar surface area (TPSA) is 96.4 Å². The summed E-state index contributed by atoms with van der Waals surface area (Å²) >= 11 is 4.32. The van der Waals surface area contributed by atoms with Crippen molar-refractivity contribution in [3.05, 3.63) is 39.3 Å². The van der Waals surface area contributed by atoms with Gasteiger partial charge in [-0.25, -0.2) is 18.2 Å². The molecule has 0 aliphatic heterocycles. The number of thiazole rings is 1. The summed E-state index contributed by atoms with van der Waals surface area (Å²) in [4.78, 5) is 15.0. The van der Waals surface area contributed by atoms with Gasteiger partial charge in [-0.05, 0) is 40.0 Å². The Bertz CT molecular complexity index is 786. The number of aryl methyl sites for hydroxylation is 1. The highest BCUT2D eigenvalue weighted by atomic mass is 79.9. The molecular formula is C12H11BrN2O4S2. The Kier molecular flexibility index (Phi) is 4.64. The summed E-state index contributed by atoms with van der Waals surface area (Å²) in [6.07, 6.45) is 1.99. The van der Waals surface area contributed by atoms with Crippen LogP contribution in [-0.4, -0.2) is 24.5 Å². The number of nitrogens with one attached hydrogen (secondary N) is 1. The van der Waals surface area contributed by atoms with Crippen molar-refractivity contribution in [2.75, 3.05) is 4.72 Å². The molecule has 21 heavy (non-hydrogen) atoms. The number of rotatable bonds is 5. The van der Waals surface area contributed by atoms with Crippen molar-refractivity contribution in [2.45, 2.75) is 18.2 Å². The molecule has 2 rings (SSSR count). The molecule has 1 aromatic heterocycles. The molecule has 0 radical (unpaired) electrons. The van der Waals surface area contributed by atoms with Gasteiger partial charge in [0.1, 0.15) is 0 Å². The third-order valence-corrected chi connectivity index (χ3v) is 5.56. The number of nitrogens with zero attached hydrogens (tertiary/aromatic N) is 1. The maximum atomic E-state index is 12.2. The monoisotopic (exact) mass is 390 g/mol. The first-order valence-corrected chi connectivity index (χ1v) is 8.93. The minimum atomic E-state index is -3.87. The lowest BCUT2D eigenvalue weighted by Gasteiger charge is -2.08. The Labute approximate surface area is 134 Å². The normalized spacial score (nSPS) is 11.3. The molecule has 0 aliphatic rings. The maximum absolute atomic E-state index is 12.2. The summed E-state index contributed by atoms with van der Waals surface area (Å²) in [7, 11) is -3.87. The van der Waals surface area contributed by atoms with Crippen LogP contribution in [0.5, 0.6) is 0 Å². The molecule has 6 nitrogen and oxygen atoms in total. The average molecular weight is 391 g/mol. The van der Waals surface area contributed by atoms with E-state index in [9.17, 15) is 13.2 Å². The van der Waals surface area contributed by atoms with E-state index in [1.54, 1.807) is 6.92 Å². The van der Waals surface area contributed by atoms with E-state index in [0.29, 0.717) is 15.8 Å². The van der Waals surface area contributed by atoms with E-state index in [2.05, 4.69) is 25.6 Å². The van der Waals surface area contributed by atoms with E-state index in [-0.39, 0.29) is 15.6 Å². The molecule has 0 fully saturated rings. The summed E-state index contributed by atoms with van der Waals surface area (Å²) in [6, 6.07) is 4.05. The van der Waals surface area contributed by atoms with Gasteiger partial charge < -0.3 is 5.11 Å². The molecule has 0 saturated carbocycles. The van der Waals surface area contributed by atoms with Crippen LogP contribution in [0.2, 0.25) is 0 Å². The Hall–Kier alpha value is -1.45. The number of anilines is 1. The second-order valence-electron chi connectivity index (χ2n) is 4.05. The minimum absolute atomic E-state index is 0.0132. The van der Waals surface area contributed by atoms with Crippen LogP contribution in [0.15, 0.2) is 33.1 Å². The van der Waals surface area contributed by atoms with Gasteiger partial charge in [0, 0.05) is 0 Å². The van der Waals surface area contributed by atoms with E-state index in [1.165, 1.54) is 18.3 Å². The van der Waals surface area contributed by atoms with Crippen molar-refractivity contribution in [1.29, 1.82) is 0 Å². The first-order chi connectivity index (χ1) is 9.83. The molecular weight excluding hydrogens is 380 g/mol. The molecule has 0 bridgehead atoms. The van der Waals surface area contributed by atoms with Crippen LogP contribution in [0.1, 0.15) is 22.8 Å². The molecule has 9 heteroatoms. The van der Waals surface area contributed by atoms with E-state index in [1.807, 2.05) is 0 Å². The van der Waals surface area contributed by atoms with E-state index < -0.39 is 16.0 Å². The van der Waals surface area contributed by atoms with Gasteiger partial charge in [0.15, 0.2) is 5.13 Å². The largest absolute Gasteiger partial charge is 0.478 e. The highest BCUT2D eigenvalue weighted by molar-refractivity contribution is 9.11. The second-order valence-corrected chi connectivity index (χ2v) is 8.14. The smallest absolute Gasteiger partial charge is 0.336 e. The van der Waals surface area contributed by atoms with Crippen LogP contribution in [0.3, 0.4) is 0 Å². The summed E-state index contributed by atoms with van der Waals surface area (Å²) in [5.74, 6) is -1.15. The second kappa shape index (κ2) is 6.12. The number of halogens is 1. The van der Waals surface area contributed by atoms with Gasteiger partial charge in [0.05, 0.1) is 20.4 Å². The average Bonchev–Trinajstić information content (AvgIpc) is 2.82. The highest BCUT2D eigenvalue weighted by Gasteiger charge is 2.19. The van der Waals surface area contributed by atoms with Gasteiger partial charge in [-0.1, -0.05) is 24.3 Å². The Morgan fingerprint density at radius 3 is 2.71 bits per heavy atom. The highest BCUT2D eigenvalue weighted by Crippen LogP contribution is 2.26. The molecule has 1 heterocycles. The van der Waals surface area contributed by atoms with E-state index in [0.717, 1.165) is 17.4 Å². The van der Waals surface area contributed by atoms with Gasteiger partial charge >= 0.3 is 5.97 Å². The number of carboxylic acids is 1. The number of aromatic nitrogens is 1. The Morgan fingerprint density at radius 1 is 1.48 bits per heavy atom. The van der Waals surface area contributed by atoms with Crippen LogP contribution < -0.4 is 4.72 Å². The molecule has 0 atom stereocenters. The van der Waals surface area contributed by atoms with Crippen LogP contribution >= 0.6 is 27.3 Å². The number of carboxylic acid groups (broad SMARTS) is 1. The molecule has 0 amide bonds. The quantitative estimate of drug-likeness (QED) is 0.817. The molecule has 112 valence electrons. The molecule has 2 N–H and O–H groups in total.